The first-order chi connectivity index (χ1) is 8.05. The molecule has 1 heterocycles. The van der Waals surface area contributed by atoms with Gasteiger partial charge in [0.1, 0.15) is 0 Å². The van der Waals surface area contributed by atoms with Gasteiger partial charge in [0.05, 0.1) is 5.41 Å². The van der Waals surface area contributed by atoms with Crippen molar-refractivity contribution in [1.82, 2.24) is 10.2 Å². The molecule has 1 aromatic rings. The molecule has 4 N–H and O–H groups in total. The molecule has 0 aliphatic rings. The van der Waals surface area contributed by atoms with E-state index in [4.69, 9.17) is 5.73 Å². The van der Waals surface area contributed by atoms with Crippen LogP contribution in [0.3, 0.4) is 0 Å². The summed E-state index contributed by atoms with van der Waals surface area (Å²) in [5.41, 5.74) is 6.15. The van der Waals surface area contributed by atoms with Gasteiger partial charge < -0.3 is 11.1 Å². The number of aryl methyl sites for hydroxylation is 1. The molecule has 1 rings (SSSR count). The maximum atomic E-state index is 12.0. The van der Waals surface area contributed by atoms with Crippen LogP contribution in [0.4, 0.5) is 5.82 Å². The molecule has 0 aromatic carbocycles. The van der Waals surface area contributed by atoms with E-state index in [-0.39, 0.29) is 5.91 Å². The summed E-state index contributed by atoms with van der Waals surface area (Å²) in [7, 11) is 0. The van der Waals surface area contributed by atoms with Crippen LogP contribution in [0.25, 0.3) is 0 Å². The van der Waals surface area contributed by atoms with Gasteiger partial charge in [-0.25, -0.2) is 0 Å². The van der Waals surface area contributed by atoms with Crippen molar-refractivity contribution in [2.75, 3.05) is 11.9 Å². The van der Waals surface area contributed by atoms with Crippen LogP contribution < -0.4 is 11.1 Å². The predicted molar refractivity (Wildman–Crippen MR) is 68.7 cm³/mol. The molecule has 0 aliphatic carbocycles. The minimum Gasteiger partial charge on any atom is -0.329 e. The Labute approximate surface area is 102 Å². The average molecular weight is 238 g/mol. The van der Waals surface area contributed by atoms with Gasteiger partial charge in [-0.3, -0.25) is 9.89 Å². The van der Waals surface area contributed by atoms with Crippen LogP contribution in [0, 0.1) is 5.41 Å². The number of hydrogen-bond donors (Lipinski definition) is 3. The van der Waals surface area contributed by atoms with Crippen LogP contribution >= 0.6 is 0 Å². The highest BCUT2D eigenvalue weighted by Crippen LogP contribution is 2.21. The predicted octanol–water partition coefficient (Wildman–Crippen LogP) is 1.68. The van der Waals surface area contributed by atoms with Crippen LogP contribution in [-0.2, 0) is 11.2 Å². The van der Waals surface area contributed by atoms with Crippen molar-refractivity contribution in [3.8, 4) is 0 Å². The Morgan fingerprint density at radius 1 is 1.59 bits per heavy atom. The summed E-state index contributed by atoms with van der Waals surface area (Å²) in [6, 6.07) is 1.87. The fraction of sp³-hybridized carbons (Fsp3) is 0.667. The SMILES string of the molecule is CCCc1cc(NC(=O)C(C)(CC)CN)n[nH]1. The number of carbonyl (C=O) groups is 1. The Morgan fingerprint density at radius 2 is 2.29 bits per heavy atom. The van der Waals surface area contributed by atoms with E-state index < -0.39 is 5.41 Å². The highest BCUT2D eigenvalue weighted by atomic mass is 16.2. The largest absolute Gasteiger partial charge is 0.329 e. The molecule has 1 atom stereocenters. The van der Waals surface area contributed by atoms with Gasteiger partial charge in [0, 0.05) is 18.3 Å². The first kappa shape index (κ1) is 13.7. The summed E-state index contributed by atoms with van der Waals surface area (Å²) < 4.78 is 0. The normalized spacial score (nSPS) is 14.4. The van der Waals surface area contributed by atoms with E-state index in [9.17, 15) is 4.79 Å². The van der Waals surface area contributed by atoms with Crippen molar-refractivity contribution in [1.29, 1.82) is 0 Å². The fourth-order valence-corrected chi connectivity index (χ4v) is 1.49. The van der Waals surface area contributed by atoms with Crippen molar-refractivity contribution in [2.24, 2.45) is 11.1 Å². The van der Waals surface area contributed by atoms with E-state index in [1.807, 2.05) is 19.9 Å². The maximum absolute atomic E-state index is 12.0. The second kappa shape index (κ2) is 5.82. The lowest BCUT2D eigenvalue weighted by Crippen LogP contribution is -2.39. The Balaban J connectivity index is 2.67. The first-order valence-corrected chi connectivity index (χ1v) is 6.11. The molecule has 17 heavy (non-hydrogen) atoms. The zero-order chi connectivity index (χ0) is 12.9. The highest BCUT2D eigenvalue weighted by Gasteiger charge is 2.30. The molecule has 96 valence electrons. The van der Waals surface area contributed by atoms with E-state index in [0.717, 1.165) is 18.5 Å². The second-order valence-corrected chi connectivity index (χ2v) is 4.60. The lowest BCUT2D eigenvalue weighted by molar-refractivity contribution is -0.124. The standard InChI is InChI=1S/C12H22N4O/c1-4-6-9-7-10(16-15-9)14-11(17)12(3,5-2)8-13/h7H,4-6,8,13H2,1-3H3,(H2,14,15,16,17). The zero-order valence-corrected chi connectivity index (χ0v) is 10.8. The molecular formula is C12H22N4O. The number of H-pyrrole nitrogens is 1. The van der Waals surface area contributed by atoms with Crippen molar-refractivity contribution >= 4 is 11.7 Å². The summed E-state index contributed by atoms with van der Waals surface area (Å²) in [5, 5.41) is 9.76. The maximum Gasteiger partial charge on any atom is 0.232 e. The number of anilines is 1. The van der Waals surface area contributed by atoms with Gasteiger partial charge in [0.25, 0.3) is 0 Å². The van der Waals surface area contributed by atoms with Crippen LogP contribution in [0.2, 0.25) is 0 Å². The fourth-order valence-electron chi connectivity index (χ4n) is 1.49. The quantitative estimate of drug-likeness (QED) is 0.705. The van der Waals surface area contributed by atoms with E-state index in [1.54, 1.807) is 0 Å². The molecule has 1 unspecified atom stereocenters. The Kier molecular flexibility index (Phi) is 4.69. The van der Waals surface area contributed by atoms with Crippen molar-refractivity contribution < 1.29 is 4.79 Å². The van der Waals surface area contributed by atoms with Gasteiger partial charge in [-0.2, -0.15) is 5.10 Å². The van der Waals surface area contributed by atoms with Crippen LogP contribution in [0.1, 0.15) is 39.3 Å². The van der Waals surface area contributed by atoms with Crippen molar-refractivity contribution in [3.63, 3.8) is 0 Å². The lowest BCUT2D eigenvalue weighted by atomic mass is 9.87. The summed E-state index contributed by atoms with van der Waals surface area (Å²) in [6.07, 6.45) is 2.69. The number of nitrogens with one attached hydrogen (secondary N) is 2. The molecule has 0 bridgehead atoms. The van der Waals surface area contributed by atoms with Gasteiger partial charge in [0.15, 0.2) is 5.82 Å². The third-order valence-electron chi connectivity index (χ3n) is 3.17. The molecule has 0 fully saturated rings. The molecule has 0 saturated carbocycles. The van der Waals surface area contributed by atoms with Crippen molar-refractivity contribution in [2.45, 2.75) is 40.0 Å². The Bertz CT molecular complexity index is 368. The van der Waals surface area contributed by atoms with Crippen LogP contribution in [-0.4, -0.2) is 22.6 Å². The van der Waals surface area contributed by atoms with Crippen LogP contribution in [0.5, 0.6) is 0 Å². The molecule has 0 radical (unpaired) electrons. The van der Waals surface area contributed by atoms with E-state index in [0.29, 0.717) is 18.8 Å². The van der Waals surface area contributed by atoms with Gasteiger partial charge in [0.2, 0.25) is 5.91 Å². The van der Waals surface area contributed by atoms with Gasteiger partial charge >= 0.3 is 0 Å². The number of amides is 1. The number of aromatic nitrogens is 2. The summed E-state index contributed by atoms with van der Waals surface area (Å²) in [6.45, 7) is 6.25. The minimum atomic E-state index is -0.524. The molecule has 1 amide bonds. The monoisotopic (exact) mass is 238 g/mol. The molecule has 5 heteroatoms. The number of hydrogen-bond acceptors (Lipinski definition) is 3. The molecular weight excluding hydrogens is 216 g/mol. The Morgan fingerprint density at radius 3 is 2.82 bits per heavy atom. The van der Waals surface area contributed by atoms with E-state index in [1.165, 1.54) is 0 Å². The highest BCUT2D eigenvalue weighted by molar-refractivity contribution is 5.94. The van der Waals surface area contributed by atoms with E-state index in [2.05, 4.69) is 22.4 Å². The minimum absolute atomic E-state index is 0.0722. The summed E-state index contributed by atoms with van der Waals surface area (Å²) >= 11 is 0. The first-order valence-electron chi connectivity index (χ1n) is 6.11. The number of carbonyl (C=O) groups excluding carboxylic acids is 1. The zero-order valence-electron chi connectivity index (χ0n) is 10.8. The smallest absolute Gasteiger partial charge is 0.232 e. The van der Waals surface area contributed by atoms with Crippen molar-refractivity contribution in [3.05, 3.63) is 11.8 Å². The third kappa shape index (κ3) is 3.30. The molecule has 0 spiro atoms. The van der Waals surface area contributed by atoms with E-state index >= 15 is 0 Å². The molecule has 0 aliphatic heterocycles. The summed E-state index contributed by atoms with van der Waals surface area (Å²) in [5.74, 6) is 0.503. The lowest BCUT2D eigenvalue weighted by Gasteiger charge is -2.24. The molecule has 1 aromatic heterocycles. The van der Waals surface area contributed by atoms with Gasteiger partial charge in [-0.05, 0) is 19.8 Å². The number of nitrogens with two attached hydrogens (primary N) is 1. The number of rotatable bonds is 6. The molecule has 5 nitrogen and oxygen atoms in total. The summed E-state index contributed by atoms with van der Waals surface area (Å²) in [4.78, 5) is 12.0. The number of aromatic amines is 1. The van der Waals surface area contributed by atoms with Crippen LogP contribution in [0.15, 0.2) is 6.07 Å². The van der Waals surface area contributed by atoms with Gasteiger partial charge in [-0.1, -0.05) is 20.3 Å². The number of nitrogens with zero attached hydrogens (tertiary/aromatic N) is 1. The average Bonchev–Trinajstić information content (AvgIpc) is 2.76. The molecule has 0 saturated heterocycles. The topological polar surface area (TPSA) is 83.8 Å². The Hall–Kier alpha value is -1.36. The van der Waals surface area contributed by atoms with Gasteiger partial charge in [-0.15, -0.1) is 0 Å². The third-order valence-corrected chi connectivity index (χ3v) is 3.17. The second-order valence-electron chi connectivity index (χ2n) is 4.60.